The summed E-state index contributed by atoms with van der Waals surface area (Å²) in [5.74, 6) is -1.20. The number of hydrogen-bond donors (Lipinski definition) is 1. The molecule has 1 saturated heterocycles. The molecule has 2 aromatic rings. The molecule has 40 heavy (non-hydrogen) atoms. The molecule has 0 saturated carbocycles. The minimum absolute atomic E-state index is 0.0194. The van der Waals surface area contributed by atoms with Crippen LogP contribution >= 0.6 is 0 Å². The van der Waals surface area contributed by atoms with Gasteiger partial charge in [0.05, 0.1) is 32.1 Å². The molecular weight excluding hydrogens is 510 g/mol. The molecule has 0 bridgehead atoms. The lowest BCUT2D eigenvalue weighted by Crippen LogP contribution is -2.45. The second-order valence-electron chi connectivity index (χ2n) is 10.9. The molecule has 0 radical (unpaired) electrons. The first-order valence-electron chi connectivity index (χ1n) is 14.4. The van der Waals surface area contributed by atoms with Gasteiger partial charge in [0.1, 0.15) is 5.75 Å². The summed E-state index contributed by atoms with van der Waals surface area (Å²) in [6.07, 6.45) is 3.14. The molecule has 1 fully saturated rings. The highest BCUT2D eigenvalue weighted by atomic mass is 16.7. The van der Waals surface area contributed by atoms with E-state index in [-0.39, 0.29) is 24.3 Å². The number of hydroxylamine groups is 2. The molecule has 9 nitrogen and oxygen atoms in total. The maximum Gasteiger partial charge on any atom is 0.308 e. The lowest BCUT2D eigenvalue weighted by atomic mass is 9.83. The largest absolute Gasteiger partial charge is 0.493 e. The van der Waals surface area contributed by atoms with Crippen LogP contribution in [0.4, 0.5) is 5.69 Å². The van der Waals surface area contributed by atoms with E-state index in [1.54, 1.807) is 4.90 Å². The van der Waals surface area contributed by atoms with Gasteiger partial charge in [0.25, 0.3) is 5.91 Å². The highest BCUT2D eigenvalue weighted by Crippen LogP contribution is 2.41. The number of amides is 2. The number of benzene rings is 2. The molecule has 0 spiro atoms. The fraction of sp³-hybridized carbons (Fsp3) is 0.516. The van der Waals surface area contributed by atoms with Gasteiger partial charge in [-0.25, -0.2) is 5.06 Å². The van der Waals surface area contributed by atoms with Crippen molar-refractivity contribution in [3.63, 3.8) is 0 Å². The molecule has 2 aromatic carbocycles. The average Bonchev–Trinajstić information content (AvgIpc) is 3.64. The molecule has 3 atom stereocenters. The topological polar surface area (TPSA) is 99.6 Å². The number of carboxylic acid groups (broad SMARTS) is 1. The third-order valence-electron chi connectivity index (χ3n) is 8.24. The van der Waals surface area contributed by atoms with Crippen LogP contribution in [0.3, 0.4) is 0 Å². The third-order valence-corrected chi connectivity index (χ3v) is 8.24. The Morgan fingerprint density at radius 2 is 1.95 bits per heavy atom. The Hall–Kier alpha value is -3.43. The first kappa shape index (κ1) is 28.1. The smallest absolute Gasteiger partial charge is 0.308 e. The molecule has 3 heterocycles. The Morgan fingerprint density at radius 1 is 1.12 bits per heavy atom. The molecule has 3 aliphatic heterocycles. The number of likely N-dealkylation sites (tertiary alicyclic amines) is 1. The number of aliphatic carboxylic acids is 1. The van der Waals surface area contributed by atoms with Gasteiger partial charge in [-0.05, 0) is 48.1 Å². The highest BCUT2D eigenvalue weighted by Gasteiger charge is 2.47. The van der Waals surface area contributed by atoms with Gasteiger partial charge >= 0.3 is 5.97 Å². The van der Waals surface area contributed by atoms with Gasteiger partial charge in [0.2, 0.25) is 5.91 Å². The van der Waals surface area contributed by atoms with Crippen LogP contribution in [-0.4, -0.2) is 78.3 Å². The Bertz CT molecular complexity index is 1250. The quantitative estimate of drug-likeness (QED) is 0.404. The zero-order valence-corrected chi connectivity index (χ0v) is 23.4. The monoisotopic (exact) mass is 549 g/mol. The van der Waals surface area contributed by atoms with Crippen molar-refractivity contribution in [3.05, 3.63) is 59.2 Å². The second kappa shape index (κ2) is 12.4. The molecule has 0 aromatic heterocycles. The van der Waals surface area contributed by atoms with Gasteiger partial charge in [0, 0.05) is 43.7 Å². The summed E-state index contributed by atoms with van der Waals surface area (Å²) in [5.41, 5.74) is 3.92. The zero-order valence-electron chi connectivity index (χ0n) is 23.4. The summed E-state index contributed by atoms with van der Waals surface area (Å²) in [6.45, 7) is 6.44. The summed E-state index contributed by atoms with van der Waals surface area (Å²) in [7, 11) is 0. The number of carboxylic acids is 1. The van der Waals surface area contributed by atoms with Gasteiger partial charge in [-0.2, -0.15) is 0 Å². The number of carbonyl (C=O) groups excluding carboxylic acids is 2. The third kappa shape index (κ3) is 5.71. The van der Waals surface area contributed by atoms with Gasteiger partial charge < -0.3 is 14.7 Å². The minimum atomic E-state index is -0.887. The number of ether oxygens (including phenoxy) is 1. The van der Waals surface area contributed by atoms with E-state index in [2.05, 4.69) is 6.07 Å². The first-order valence-corrected chi connectivity index (χ1v) is 14.4. The van der Waals surface area contributed by atoms with Crippen LogP contribution in [0, 0.1) is 5.92 Å². The predicted octanol–water partition coefficient (Wildman–Crippen LogP) is 3.65. The maximum atomic E-state index is 13.4. The van der Waals surface area contributed by atoms with Gasteiger partial charge in [0.15, 0.2) is 0 Å². The molecule has 1 unspecified atom stereocenters. The Labute approximate surface area is 235 Å². The van der Waals surface area contributed by atoms with Crippen molar-refractivity contribution in [1.82, 2.24) is 9.96 Å². The maximum absolute atomic E-state index is 13.4. The predicted molar refractivity (Wildman–Crippen MR) is 150 cm³/mol. The van der Waals surface area contributed by atoms with Gasteiger partial charge in [-0.1, -0.05) is 44.2 Å². The Morgan fingerprint density at radius 3 is 2.73 bits per heavy atom. The van der Waals surface area contributed by atoms with Crippen LogP contribution in [0.5, 0.6) is 5.75 Å². The number of hydrogen-bond acceptors (Lipinski definition) is 6. The summed E-state index contributed by atoms with van der Waals surface area (Å²) >= 11 is 0. The molecule has 0 aliphatic carbocycles. The normalized spacial score (nSPS) is 21.8. The van der Waals surface area contributed by atoms with Crippen LogP contribution in [0.25, 0.3) is 0 Å². The van der Waals surface area contributed by atoms with Crippen molar-refractivity contribution in [2.45, 2.75) is 57.9 Å². The highest BCUT2D eigenvalue weighted by molar-refractivity contribution is 6.01. The summed E-state index contributed by atoms with van der Waals surface area (Å²) in [5, 5.41) is 11.9. The zero-order chi connectivity index (χ0) is 28.2. The number of anilines is 1. The standard InChI is InChI=1S/C31H39N3O6/c1-3-13-34(40-15-4-2)29(36)20-32-19-24(21-9-10-27-23(17-21)12-16-39-27)30(31(37)38)26(32)11-14-33-25-8-6-5-7-22(25)18-28(33)35/h5-10,17,24,26,30H,3-4,11-16,18-20H2,1-2H3,(H,37,38)/t24-,26+,30?/m1/s1. The Balaban J connectivity index is 1.42. The van der Waals surface area contributed by atoms with E-state index in [0.29, 0.717) is 45.7 Å². The van der Waals surface area contributed by atoms with Crippen LogP contribution in [0.15, 0.2) is 42.5 Å². The van der Waals surface area contributed by atoms with E-state index >= 15 is 0 Å². The molecule has 2 amide bonds. The second-order valence-corrected chi connectivity index (χ2v) is 10.9. The molecule has 1 N–H and O–H groups in total. The molecular formula is C31H39N3O6. The number of rotatable bonds is 12. The van der Waals surface area contributed by atoms with Gasteiger partial charge in [-0.15, -0.1) is 0 Å². The summed E-state index contributed by atoms with van der Waals surface area (Å²) < 4.78 is 5.67. The fourth-order valence-electron chi connectivity index (χ4n) is 6.37. The number of carbonyl (C=O) groups is 3. The van der Waals surface area contributed by atoms with Crippen LogP contribution in [-0.2, 0) is 32.1 Å². The fourth-order valence-corrected chi connectivity index (χ4v) is 6.37. The Kier molecular flexibility index (Phi) is 8.71. The lowest BCUT2D eigenvalue weighted by molar-refractivity contribution is -0.188. The van der Waals surface area contributed by atoms with Crippen molar-refractivity contribution >= 4 is 23.5 Å². The van der Waals surface area contributed by atoms with Crippen LogP contribution in [0.1, 0.15) is 55.7 Å². The van der Waals surface area contributed by atoms with Crippen LogP contribution in [0.2, 0.25) is 0 Å². The molecule has 5 rings (SSSR count). The van der Waals surface area contributed by atoms with Crippen molar-refractivity contribution in [2.75, 3.05) is 44.3 Å². The van der Waals surface area contributed by atoms with Gasteiger partial charge in [-0.3, -0.25) is 24.1 Å². The van der Waals surface area contributed by atoms with E-state index in [0.717, 1.165) is 47.4 Å². The number of fused-ring (bicyclic) bond motifs is 2. The van der Waals surface area contributed by atoms with Crippen molar-refractivity contribution in [2.24, 2.45) is 5.92 Å². The SMILES string of the molecule is CCCON(CCC)C(=O)CN1C[C@H](c2ccc3c(c2)CCO3)C(C(=O)O)[C@@H]1CCN1C(=O)Cc2ccccc21. The van der Waals surface area contributed by atoms with Crippen molar-refractivity contribution in [1.29, 1.82) is 0 Å². The van der Waals surface area contributed by atoms with E-state index in [1.807, 2.05) is 55.1 Å². The van der Waals surface area contributed by atoms with E-state index in [1.165, 1.54) is 5.06 Å². The number of nitrogens with zero attached hydrogens (tertiary/aromatic N) is 3. The van der Waals surface area contributed by atoms with Crippen LogP contribution < -0.4 is 9.64 Å². The van der Waals surface area contributed by atoms with E-state index < -0.39 is 17.9 Å². The first-order chi connectivity index (χ1) is 19.4. The van der Waals surface area contributed by atoms with Crippen molar-refractivity contribution < 1.29 is 29.1 Å². The lowest BCUT2D eigenvalue weighted by Gasteiger charge is -2.30. The van der Waals surface area contributed by atoms with E-state index in [4.69, 9.17) is 9.57 Å². The van der Waals surface area contributed by atoms with E-state index in [9.17, 15) is 19.5 Å². The average molecular weight is 550 g/mol. The van der Waals surface area contributed by atoms with Crippen molar-refractivity contribution in [3.8, 4) is 5.75 Å². The minimum Gasteiger partial charge on any atom is -0.493 e. The summed E-state index contributed by atoms with van der Waals surface area (Å²) in [6, 6.07) is 13.3. The molecule has 3 aliphatic rings. The molecule has 9 heteroatoms. The molecule has 214 valence electrons. The summed E-state index contributed by atoms with van der Waals surface area (Å²) in [4.78, 5) is 48.6. The number of para-hydroxylation sites is 1.